The van der Waals surface area contributed by atoms with Gasteiger partial charge < -0.3 is 15.5 Å². The molecule has 1 aliphatic heterocycles. The van der Waals surface area contributed by atoms with Crippen molar-refractivity contribution in [3.63, 3.8) is 0 Å². The van der Waals surface area contributed by atoms with E-state index in [9.17, 15) is 22.8 Å². The average Bonchev–Trinajstić information content (AvgIpc) is 3.55. The molecule has 5 nitrogen and oxygen atoms in total. The minimum absolute atomic E-state index is 0.102. The van der Waals surface area contributed by atoms with Crippen molar-refractivity contribution in [2.75, 3.05) is 11.9 Å². The molecule has 2 aliphatic rings. The number of halogens is 3. The number of hydrogen-bond donors (Lipinski definition) is 2. The first-order valence-corrected chi connectivity index (χ1v) is 10.4. The van der Waals surface area contributed by atoms with E-state index >= 15 is 0 Å². The van der Waals surface area contributed by atoms with Gasteiger partial charge in [0, 0.05) is 30.4 Å². The lowest BCUT2D eigenvalue weighted by Crippen LogP contribution is -2.47. The summed E-state index contributed by atoms with van der Waals surface area (Å²) in [5.74, 6) is -0.241. The Balaban J connectivity index is 1.38. The molecule has 2 aromatic rings. The molecule has 2 aromatic carbocycles. The number of carbonyl (C=O) groups excluding carboxylic acids is 2. The predicted octanol–water partition coefficient (Wildman–Crippen LogP) is 4.20. The number of anilines is 1. The predicted molar refractivity (Wildman–Crippen MR) is 110 cm³/mol. The molecule has 0 spiro atoms. The molecule has 31 heavy (non-hydrogen) atoms. The van der Waals surface area contributed by atoms with Crippen LogP contribution in [0.2, 0.25) is 0 Å². The summed E-state index contributed by atoms with van der Waals surface area (Å²) in [4.78, 5) is 26.6. The number of nitrogens with zero attached hydrogens (tertiary/aromatic N) is 1. The molecule has 0 aromatic heterocycles. The van der Waals surface area contributed by atoms with E-state index in [1.165, 1.54) is 6.07 Å². The smallest absolute Gasteiger partial charge is 0.374 e. The summed E-state index contributed by atoms with van der Waals surface area (Å²) in [6.07, 6.45) is -0.974. The van der Waals surface area contributed by atoms with Crippen LogP contribution in [0.1, 0.15) is 47.2 Å². The first kappa shape index (κ1) is 21.2. The van der Waals surface area contributed by atoms with Gasteiger partial charge in [0.2, 0.25) is 5.91 Å². The van der Waals surface area contributed by atoms with Crippen LogP contribution in [-0.4, -0.2) is 35.3 Å². The summed E-state index contributed by atoms with van der Waals surface area (Å²) in [6.45, 7) is 0.648. The van der Waals surface area contributed by atoms with E-state index in [-0.39, 0.29) is 24.4 Å². The van der Waals surface area contributed by atoms with E-state index in [0.29, 0.717) is 24.1 Å². The Hall–Kier alpha value is -3.03. The van der Waals surface area contributed by atoms with Crippen molar-refractivity contribution in [2.24, 2.45) is 0 Å². The zero-order valence-corrected chi connectivity index (χ0v) is 16.9. The normalized spacial score (nSPS) is 19.3. The van der Waals surface area contributed by atoms with E-state index in [1.807, 2.05) is 0 Å². The van der Waals surface area contributed by atoms with E-state index in [4.69, 9.17) is 0 Å². The molecule has 2 fully saturated rings. The number of hydrogen-bond acceptors (Lipinski definition) is 3. The standard InChI is InChI=1S/C23H24F3N3O2/c24-23(25,26)17-4-1-3-15(13-17)14-29-12-2-5-20(22(29)31)27-18-8-6-16(7-9-18)21(30)28-19-10-11-19/h1,3-4,6-9,13,19-20,27H,2,5,10-12,14H2,(H,28,30). The van der Waals surface area contributed by atoms with Crippen LogP contribution >= 0.6 is 0 Å². The molecule has 4 rings (SSSR count). The molecule has 2 amide bonds. The zero-order chi connectivity index (χ0) is 22.0. The minimum atomic E-state index is -4.41. The summed E-state index contributed by atoms with van der Waals surface area (Å²) in [6, 6.07) is 11.9. The highest BCUT2D eigenvalue weighted by Crippen LogP contribution is 2.30. The van der Waals surface area contributed by atoms with Crippen LogP contribution in [0, 0.1) is 0 Å². The lowest BCUT2D eigenvalue weighted by atomic mass is 10.0. The van der Waals surface area contributed by atoms with Crippen molar-refractivity contribution in [3.05, 3.63) is 65.2 Å². The summed E-state index contributed by atoms with van der Waals surface area (Å²) >= 11 is 0. The Kier molecular flexibility index (Phi) is 5.89. The maximum atomic E-state index is 13.0. The molecule has 8 heteroatoms. The first-order chi connectivity index (χ1) is 14.8. The lowest BCUT2D eigenvalue weighted by Gasteiger charge is -2.33. The van der Waals surface area contributed by atoms with Gasteiger partial charge in [0.05, 0.1) is 5.56 Å². The van der Waals surface area contributed by atoms with Gasteiger partial charge in [0.15, 0.2) is 0 Å². The SMILES string of the molecule is O=C(NC1CC1)c1ccc(NC2CCCN(Cc3cccc(C(F)(F)F)c3)C2=O)cc1. The maximum Gasteiger partial charge on any atom is 0.416 e. The van der Waals surface area contributed by atoms with Gasteiger partial charge in [-0.15, -0.1) is 0 Å². The van der Waals surface area contributed by atoms with Gasteiger partial charge in [0.25, 0.3) is 5.91 Å². The lowest BCUT2D eigenvalue weighted by molar-refractivity contribution is -0.137. The van der Waals surface area contributed by atoms with E-state index in [2.05, 4.69) is 10.6 Å². The second-order valence-electron chi connectivity index (χ2n) is 8.12. The second-order valence-corrected chi connectivity index (χ2v) is 8.12. The first-order valence-electron chi connectivity index (χ1n) is 10.4. The monoisotopic (exact) mass is 431 g/mol. The Morgan fingerprint density at radius 2 is 1.81 bits per heavy atom. The number of carbonyl (C=O) groups is 2. The van der Waals surface area contributed by atoms with Crippen LogP contribution in [0.3, 0.4) is 0 Å². The van der Waals surface area contributed by atoms with Crippen molar-refractivity contribution in [2.45, 2.75) is 50.5 Å². The van der Waals surface area contributed by atoms with Gasteiger partial charge >= 0.3 is 6.18 Å². The second kappa shape index (κ2) is 8.61. The Morgan fingerprint density at radius 1 is 1.06 bits per heavy atom. The summed E-state index contributed by atoms with van der Waals surface area (Å²) < 4.78 is 38.9. The number of alkyl halides is 3. The largest absolute Gasteiger partial charge is 0.416 e. The van der Waals surface area contributed by atoms with E-state index in [0.717, 1.165) is 37.1 Å². The molecule has 1 atom stereocenters. The van der Waals surface area contributed by atoms with Crippen LogP contribution in [0.15, 0.2) is 48.5 Å². The molecule has 2 N–H and O–H groups in total. The van der Waals surface area contributed by atoms with Crippen LogP contribution in [-0.2, 0) is 17.5 Å². The number of piperidine rings is 1. The fourth-order valence-electron chi connectivity index (χ4n) is 3.71. The molecule has 0 bridgehead atoms. The number of rotatable bonds is 6. The summed E-state index contributed by atoms with van der Waals surface area (Å²) in [5, 5.41) is 6.13. The molecular weight excluding hydrogens is 407 g/mol. The molecular formula is C23H24F3N3O2. The van der Waals surface area contributed by atoms with Crippen molar-refractivity contribution in [1.82, 2.24) is 10.2 Å². The summed E-state index contributed by atoms with van der Waals surface area (Å²) in [7, 11) is 0. The van der Waals surface area contributed by atoms with Crippen molar-refractivity contribution >= 4 is 17.5 Å². The van der Waals surface area contributed by atoms with Crippen LogP contribution in [0.5, 0.6) is 0 Å². The van der Waals surface area contributed by atoms with Gasteiger partial charge in [-0.1, -0.05) is 12.1 Å². The van der Waals surface area contributed by atoms with Gasteiger partial charge in [-0.2, -0.15) is 13.2 Å². The van der Waals surface area contributed by atoms with Gasteiger partial charge in [0.1, 0.15) is 6.04 Å². The number of nitrogens with one attached hydrogen (secondary N) is 2. The molecule has 1 aliphatic carbocycles. The Bertz CT molecular complexity index is 955. The van der Waals surface area contributed by atoms with Crippen molar-refractivity contribution < 1.29 is 22.8 Å². The van der Waals surface area contributed by atoms with Crippen LogP contribution in [0.25, 0.3) is 0 Å². The fraction of sp³-hybridized carbons (Fsp3) is 0.391. The van der Waals surface area contributed by atoms with E-state index < -0.39 is 17.8 Å². The van der Waals surface area contributed by atoms with Gasteiger partial charge in [-0.25, -0.2) is 0 Å². The molecule has 0 radical (unpaired) electrons. The van der Waals surface area contributed by atoms with Crippen molar-refractivity contribution in [3.8, 4) is 0 Å². The number of likely N-dealkylation sites (tertiary alicyclic amines) is 1. The molecule has 1 unspecified atom stereocenters. The Morgan fingerprint density at radius 3 is 2.48 bits per heavy atom. The van der Waals surface area contributed by atoms with Crippen LogP contribution < -0.4 is 10.6 Å². The third-order valence-electron chi connectivity index (χ3n) is 5.56. The third kappa shape index (κ3) is 5.37. The third-order valence-corrected chi connectivity index (χ3v) is 5.56. The maximum absolute atomic E-state index is 13.0. The van der Waals surface area contributed by atoms with Gasteiger partial charge in [-0.3, -0.25) is 9.59 Å². The van der Waals surface area contributed by atoms with E-state index in [1.54, 1.807) is 35.2 Å². The minimum Gasteiger partial charge on any atom is -0.374 e. The number of benzene rings is 2. The molecule has 1 saturated heterocycles. The van der Waals surface area contributed by atoms with Crippen molar-refractivity contribution in [1.29, 1.82) is 0 Å². The molecule has 1 saturated carbocycles. The molecule has 1 heterocycles. The average molecular weight is 431 g/mol. The molecule has 164 valence electrons. The highest BCUT2D eigenvalue weighted by atomic mass is 19.4. The fourth-order valence-corrected chi connectivity index (χ4v) is 3.71. The van der Waals surface area contributed by atoms with Gasteiger partial charge in [-0.05, 0) is 67.6 Å². The highest BCUT2D eigenvalue weighted by molar-refractivity contribution is 5.95. The highest BCUT2D eigenvalue weighted by Gasteiger charge is 2.32. The quantitative estimate of drug-likeness (QED) is 0.721. The summed E-state index contributed by atoms with van der Waals surface area (Å²) in [5.41, 5.74) is 1.03. The topological polar surface area (TPSA) is 61.4 Å². The zero-order valence-electron chi connectivity index (χ0n) is 16.9. The van der Waals surface area contributed by atoms with Crippen LogP contribution in [0.4, 0.5) is 18.9 Å². The Labute approximate surface area is 178 Å². The number of amides is 2.